The summed E-state index contributed by atoms with van der Waals surface area (Å²) in [5.41, 5.74) is -2.85. The Balaban J connectivity index is 1.96. The number of rotatable bonds is 2. The molecule has 0 aromatic rings. The lowest BCUT2D eigenvalue weighted by atomic mass is 9.54. The molecule has 0 unspecified atom stereocenters. The first-order chi connectivity index (χ1) is 15.8. The molecule has 1 saturated carbocycles. The van der Waals surface area contributed by atoms with Gasteiger partial charge in [0.2, 0.25) is 0 Å². The number of aliphatic hydroxyl groups excluding tert-OH is 1. The highest BCUT2D eigenvalue weighted by Crippen LogP contribution is 2.61. The predicted molar refractivity (Wildman–Crippen MR) is 118 cm³/mol. The summed E-state index contributed by atoms with van der Waals surface area (Å²) in [6.45, 7) is 11.4. The Labute approximate surface area is 203 Å². The number of carbonyl (C=O) groups is 3. The van der Waals surface area contributed by atoms with Crippen molar-refractivity contribution in [2.24, 2.45) is 23.2 Å². The van der Waals surface area contributed by atoms with Gasteiger partial charge in [0, 0.05) is 31.1 Å². The van der Waals surface area contributed by atoms with Gasteiger partial charge in [-0.15, -0.1) is 11.6 Å². The van der Waals surface area contributed by atoms with Crippen LogP contribution in [-0.4, -0.2) is 75.7 Å². The fourth-order valence-corrected chi connectivity index (χ4v) is 6.60. The lowest BCUT2D eigenvalue weighted by Crippen LogP contribution is -2.68. The molecule has 0 spiro atoms. The number of hydrogen-bond donors (Lipinski definition) is 2. The normalized spacial score (nSPS) is 50.7. The second-order valence-electron chi connectivity index (χ2n) is 10.1. The van der Waals surface area contributed by atoms with E-state index in [1.54, 1.807) is 13.8 Å². The van der Waals surface area contributed by atoms with Crippen LogP contribution in [0.15, 0.2) is 24.3 Å². The maximum Gasteiger partial charge on any atom is 0.312 e. The predicted octanol–water partition coefficient (Wildman–Crippen LogP) is 1.28. The van der Waals surface area contributed by atoms with Crippen LogP contribution < -0.4 is 0 Å². The average molecular weight is 499 g/mol. The molecular formula is C24H31ClO9. The van der Waals surface area contributed by atoms with E-state index in [9.17, 15) is 24.6 Å². The molecule has 0 radical (unpaired) electrons. The summed E-state index contributed by atoms with van der Waals surface area (Å²) in [6, 6.07) is 0. The van der Waals surface area contributed by atoms with E-state index in [4.69, 9.17) is 30.5 Å². The van der Waals surface area contributed by atoms with Crippen molar-refractivity contribution in [3.05, 3.63) is 24.3 Å². The minimum Gasteiger partial charge on any atom is -0.459 e. The van der Waals surface area contributed by atoms with E-state index >= 15 is 0 Å². The molecule has 2 aliphatic carbocycles. The van der Waals surface area contributed by atoms with Gasteiger partial charge in [-0.05, 0) is 12.5 Å². The van der Waals surface area contributed by atoms with Gasteiger partial charge in [-0.25, -0.2) is 0 Å². The number of hydrogen-bond acceptors (Lipinski definition) is 9. The fraction of sp³-hybridized carbons (Fsp3) is 0.708. The van der Waals surface area contributed by atoms with Crippen molar-refractivity contribution in [2.75, 3.05) is 0 Å². The third kappa shape index (κ3) is 3.51. The van der Waals surface area contributed by atoms with Gasteiger partial charge in [-0.3, -0.25) is 14.4 Å². The summed E-state index contributed by atoms with van der Waals surface area (Å²) in [6.07, 6.45) is -2.45. The zero-order valence-electron chi connectivity index (χ0n) is 19.8. The maximum atomic E-state index is 12.7. The quantitative estimate of drug-likeness (QED) is 0.250. The van der Waals surface area contributed by atoms with Crippen molar-refractivity contribution in [2.45, 2.75) is 82.2 Å². The Kier molecular flexibility index (Phi) is 6.16. The van der Waals surface area contributed by atoms with E-state index in [0.717, 1.165) is 0 Å². The van der Waals surface area contributed by atoms with Gasteiger partial charge in [0.25, 0.3) is 0 Å². The van der Waals surface area contributed by atoms with Crippen LogP contribution in [0.1, 0.15) is 34.6 Å². The van der Waals surface area contributed by atoms with E-state index in [1.165, 1.54) is 32.9 Å². The van der Waals surface area contributed by atoms with E-state index < -0.39 is 88.7 Å². The first-order valence-corrected chi connectivity index (χ1v) is 11.8. The van der Waals surface area contributed by atoms with Gasteiger partial charge in [0.1, 0.15) is 18.3 Å². The average Bonchev–Trinajstić information content (AvgIpc) is 3.52. The van der Waals surface area contributed by atoms with Crippen LogP contribution in [0.3, 0.4) is 0 Å². The largest absolute Gasteiger partial charge is 0.459 e. The number of allylic oxidation sites excluding steroid dienone is 1. The number of halogens is 1. The van der Waals surface area contributed by atoms with Crippen molar-refractivity contribution >= 4 is 29.5 Å². The number of esters is 3. The summed E-state index contributed by atoms with van der Waals surface area (Å²) in [5, 5.41) is 22.5. The summed E-state index contributed by atoms with van der Waals surface area (Å²) in [7, 11) is 0. The Morgan fingerprint density at radius 3 is 2.38 bits per heavy atom. The third-order valence-corrected chi connectivity index (χ3v) is 8.65. The molecule has 2 aliphatic heterocycles. The molecule has 0 aromatic heterocycles. The summed E-state index contributed by atoms with van der Waals surface area (Å²) in [4.78, 5) is 36.9. The van der Waals surface area contributed by atoms with Crippen LogP contribution in [0.5, 0.6) is 0 Å². The molecule has 4 rings (SSSR count). The summed E-state index contributed by atoms with van der Waals surface area (Å²) < 4.78 is 22.8. The standard InChI is InChI=1S/C24H31ClO9/c1-9-7-8-14(28)23(6)15(10(2)17(31-12(4)26)18-21(23)33-18)19(32-13(5)27)24(30)11(3)22(29)34-20(24)16(9)25/h7-8,10-11,14-21,28,30H,1H2,2-6H3/b8-7-/t10-,11+,14+,15-,16+,17+,18+,19+,20+,21+,23-,24-/m1/s1. The van der Waals surface area contributed by atoms with Gasteiger partial charge >= 0.3 is 17.9 Å². The van der Waals surface area contributed by atoms with Crippen molar-refractivity contribution in [1.29, 1.82) is 0 Å². The van der Waals surface area contributed by atoms with Crippen LogP contribution in [0, 0.1) is 23.2 Å². The number of alkyl halides is 1. The Morgan fingerprint density at radius 2 is 1.79 bits per heavy atom. The molecule has 2 heterocycles. The van der Waals surface area contributed by atoms with E-state index in [2.05, 4.69) is 6.58 Å². The number of epoxide rings is 1. The Hall–Kier alpha value is -1.94. The molecular weight excluding hydrogens is 468 g/mol. The molecule has 9 nitrogen and oxygen atoms in total. The van der Waals surface area contributed by atoms with Crippen LogP contribution in [0.25, 0.3) is 0 Å². The SMILES string of the molecule is C=C1/C=C\[C@H](O)[C@]2(C)[C@H]([C@@H](C)[C@H](OC(C)=O)[C@@H]3O[C@@H]32)[C@H](OC(C)=O)[C@]2(O)[C@@H](C)C(=O)O[C@H]2[C@H]1Cl. The molecule has 188 valence electrons. The first-order valence-electron chi connectivity index (χ1n) is 11.4. The van der Waals surface area contributed by atoms with Gasteiger partial charge < -0.3 is 29.2 Å². The second kappa shape index (κ2) is 8.33. The molecule has 34 heavy (non-hydrogen) atoms. The van der Waals surface area contributed by atoms with Crippen molar-refractivity contribution in [3.8, 4) is 0 Å². The van der Waals surface area contributed by atoms with Crippen molar-refractivity contribution < 1.29 is 43.5 Å². The highest BCUT2D eigenvalue weighted by atomic mass is 35.5. The molecule has 0 aromatic carbocycles. The lowest BCUT2D eigenvalue weighted by Gasteiger charge is -2.54. The molecule has 3 fully saturated rings. The monoisotopic (exact) mass is 498 g/mol. The Morgan fingerprint density at radius 1 is 1.18 bits per heavy atom. The minimum atomic E-state index is -2.06. The summed E-state index contributed by atoms with van der Waals surface area (Å²) >= 11 is 6.62. The zero-order chi connectivity index (χ0) is 25.3. The van der Waals surface area contributed by atoms with Gasteiger partial charge in [0.05, 0.1) is 23.5 Å². The summed E-state index contributed by atoms with van der Waals surface area (Å²) in [5.74, 6) is -4.39. The molecule has 0 amide bonds. The van der Waals surface area contributed by atoms with Gasteiger partial charge in [-0.2, -0.15) is 0 Å². The second-order valence-corrected chi connectivity index (χ2v) is 10.6. The van der Waals surface area contributed by atoms with Crippen molar-refractivity contribution in [3.63, 3.8) is 0 Å². The van der Waals surface area contributed by atoms with Crippen LogP contribution in [0.2, 0.25) is 0 Å². The zero-order valence-corrected chi connectivity index (χ0v) is 20.5. The smallest absolute Gasteiger partial charge is 0.312 e. The topological polar surface area (TPSA) is 132 Å². The fourth-order valence-electron chi connectivity index (χ4n) is 6.27. The van der Waals surface area contributed by atoms with Crippen LogP contribution >= 0.6 is 11.6 Å². The van der Waals surface area contributed by atoms with E-state index in [-0.39, 0.29) is 0 Å². The number of carbonyl (C=O) groups excluding carboxylic acids is 3. The van der Waals surface area contributed by atoms with Gasteiger partial charge in [-0.1, -0.05) is 32.6 Å². The molecule has 2 N–H and O–H groups in total. The van der Waals surface area contributed by atoms with E-state index in [1.807, 2.05) is 0 Å². The van der Waals surface area contributed by atoms with E-state index in [0.29, 0.717) is 5.57 Å². The lowest BCUT2D eigenvalue weighted by molar-refractivity contribution is -0.219. The minimum absolute atomic E-state index is 0.310. The van der Waals surface area contributed by atoms with Gasteiger partial charge in [0.15, 0.2) is 11.7 Å². The Bertz CT molecular complexity index is 949. The molecule has 12 atom stereocenters. The van der Waals surface area contributed by atoms with Crippen LogP contribution in [-0.2, 0) is 33.3 Å². The molecule has 10 heteroatoms. The van der Waals surface area contributed by atoms with Crippen molar-refractivity contribution in [1.82, 2.24) is 0 Å². The van der Waals surface area contributed by atoms with Crippen LogP contribution in [0.4, 0.5) is 0 Å². The number of fused-ring (bicyclic) bond motifs is 4. The third-order valence-electron chi connectivity index (χ3n) is 8.14. The maximum absolute atomic E-state index is 12.7. The molecule has 2 saturated heterocycles. The molecule has 4 aliphatic rings. The highest BCUT2D eigenvalue weighted by molar-refractivity contribution is 6.23. The highest BCUT2D eigenvalue weighted by Gasteiger charge is 2.74. The first kappa shape index (κ1) is 25.2. The molecule has 0 bridgehead atoms. The number of ether oxygens (including phenoxy) is 4. The number of aliphatic hydroxyl groups is 2.